The number of ether oxygens (including phenoxy) is 2. The van der Waals surface area contributed by atoms with Crippen LogP contribution in [0.4, 0.5) is 0 Å². The maximum absolute atomic E-state index is 12.4. The Balaban J connectivity index is 2.48. The van der Waals surface area contributed by atoms with Crippen LogP contribution in [0.2, 0.25) is 0 Å². The lowest BCUT2D eigenvalue weighted by Crippen LogP contribution is -2.26. The zero-order valence-corrected chi connectivity index (χ0v) is 25.4. The van der Waals surface area contributed by atoms with Gasteiger partial charge in [-0.25, -0.2) is 0 Å². The van der Waals surface area contributed by atoms with E-state index in [1.54, 1.807) is 0 Å². The molecule has 0 radical (unpaired) electrons. The largest absolute Gasteiger partial charge is 0.486 e. The first kappa shape index (κ1) is 26.9. The van der Waals surface area contributed by atoms with Crippen LogP contribution in [0.3, 0.4) is 0 Å². The van der Waals surface area contributed by atoms with Gasteiger partial charge in [0.25, 0.3) is 0 Å². The lowest BCUT2D eigenvalue weighted by Gasteiger charge is -2.29. The third-order valence-electron chi connectivity index (χ3n) is 4.66. The van der Waals surface area contributed by atoms with Gasteiger partial charge in [-0.15, -0.1) is 0 Å². The second kappa shape index (κ2) is 9.47. The first-order chi connectivity index (χ1) is 13.9. The van der Waals surface area contributed by atoms with Gasteiger partial charge in [-0.2, -0.15) is 0 Å². The molecule has 0 saturated heterocycles. The Morgan fingerprint density at radius 3 is 1.35 bits per heavy atom. The van der Waals surface area contributed by atoms with Crippen LogP contribution >= 0.6 is 63.7 Å². The van der Waals surface area contributed by atoms with E-state index < -0.39 is 5.41 Å². The van der Waals surface area contributed by atoms with E-state index in [1.807, 2.05) is 53.7 Å². The van der Waals surface area contributed by atoms with Crippen LogP contribution < -0.4 is 9.47 Å². The van der Waals surface area contributed by atoms with E-state index in [0.29, 0.717) is 14.7 Å². The highest BCUT2D eigenvalue weighted by Crippen LogP contribution is 2.44. The van der Waals surface area contributed by atoms with Gasteiger partial charge in [0.05, 0.1) is 23.3 Å². The molecule has 0 spiro atoms. The Bertz CT molecular complexity index is 953. The maximum atomic E-state index is 12.4. The molecule has 170 valence electrons. The molecule has 0 aliphatic rings. The average molecular weight is 684 g/mol. The molecule has 0 unspecified atom stereocenters. The number of carbonyl (C=O) groups is 1. The minimum atomic E-state index is -0.591. The van der Waals surface area contributed by atoms with Crippen molar-refractivity contribution in [2.45, 2.75) is 66.4 Å². The summed E-state index contributed by atoms with van der Waals surface area (Å²) in [5.74, 6) is 0.970. The van der Waals surface area contributed by atoms with Crippen molar-refractivity contribution in [3.05, 3.63) is 53.3 Å². The van der Waals surface area contributed by atoms with Crippen molar-refractivity contribution < 1.29 is 14.3 Å². The van der Waals surface area contributed by atoms with Crippen molar-refractivity contribution in [2.24, 2.45) is 5.41 Å². The Morgan fingerprint density at radius 2 is 1.03 bits per heavy atom. The Labute approximate surface area is 219 Å². The molecule has 7 heteroatoms. The van der Waals surface area contributed by atoms with Crippen LogP contribution in [-0.2, 0) is 10.2 Å². The molecule has 0 heterocycles. The summed E-state index contributed by atoms with van der Waals surface area (Å²) in [6.45, 7) is 15.9. The fraction of sp³-hybridized carbons (Fsp3) is 0.458. The number of hydrogen-bond acceptors (Lipinski definition) is 3. The molecule has 0 aliphatic heterocycles. The highest BCUT2D eigenvalue weighted by molar-refractivity contribution is 9.11. The molecule has 2 aromatic rings. The highest BCUT2D eigenvalue weighted by Gasteiger charge is 2.30. The molecule has 2 aromatic carbocycles. The van der Waals surface area contributed by atoms with Gasteiger partial charge in [-0.1, -0.05) is 13.8 Å². The zero-order chi connectivity index (χ0) is 23.9. The molecule has 0 atom stereocenters. The second-order valence-electron chi connectivity index (χ2n) is 10.0. The van der Waals surface area contributed by atoms with Gasteiger partial charge >= 0.3 is 5.97 Å². The minimum absolute atomic E-state index is 0.289. The van der Waals surface area contributed by atoms with Crippen LogP contribution in [-0.4, -0.2) is 11.6 Å². The van der Waals surface area contributed by atoms with Crippen LogP contribution in [0.1, 0.15) is 66.5 Å². The molecule has 0 fully saturated rings. The third kappa shape index (κ3) is 6.58. The smallest absolute Gasteiger partial charge is 0.316 e. The molecule has 0 amide bonds. The molecule has 3 nitrogen and oxygen atoms in total. The number of halogens is 4. The molecule has 0 bridgehead atoms. The van der Waals surface area contributed by atoms with Gasteiger partial charge < -0.3 is 9.47 Å². The minimum Gasteiger partial charge on any atom is -0.486 e. The van der Waals surface area contributed by atoms with Crippen LogP contribution in [0, 0.1) is 5.41 Å². The van der Waals surface area contributed by atoms with Crippen molar-refractivity contribution in [1.82, 2.24) is 0 Å². The first-order valence-electron chi connectivity index (χ1n) is 9.84. The number of hydrogen-bond donors (Lipinski definition) is 0. The van der Waals surface area contributed by atoms with Crippen molar-refractivity contribution in [1.29, 1.82) is 0 Å². The predicted octanol–water partition coefficient (Wildman–Crippen LogP) is 9.19. The van der Waals surface area contributed by atoms with Crippen LogP contribution in [0.15, 0.2) is 42.2 Å². The van der Waals surface area contributed by atoms with E-state index in [9.17, 15) is 4.79 Å². The van der Waals surface area contributed by atoms with Crippen molar-refractivity contribution in [3.63, 3.8) is 0 Å². The Hall–Kier alpha value is -0.370. The average Bonchev–Trinajstić information content (AvgIpc) is 2.58. The SMILES string of the molecule is CC(C)(C)Oc1c(Br)cc(C(C)(C)c2cc(Br)c(OC(=O)C(C)(C)C)c(Br)c2)cc1Br. The monoisotopic (exact) mass is 680 g/mol. The molecule has 0 N–H and O–H groups in total. The number of carbonyl (C=O) groups excluding carboxylic acids is 1. The number of esters is 1. The summed E-state index contributed by atoms with van der Waals surface area (Å²) < 4.78 is 14.9. The van der Waals surface area contributed by atoms with Crippen LogP contribution in [0.5, 0.6) is 11.5 Å². The standard InChI is InChI=1S/C24H28Br4O3/c1-22(2,3)21(29)30-19-15(25)9-13(10-16(19)26)24(7,8)14-11-17(27)20(18(28)12-14)31-23(4,5)6/h9-12H,1-8H3. The predicted molar refractivity (Wildman–Crippen MR) is 141 cm³/mol. The highest BCUT2D eigenvalue weighted by atomic mass is 79.9. The number of benzene rings is 2. The van der Waals surface area contributed by atoms with Gasteiger partial charge in [-0.3, -0.25) is 4.79 Å². The molecule has 31 heavy (non-hydrogen) atoms. The molecule has 2 rings (SSSR count). The fourth-order valence-electron chi connectivity index (χ4n) is 2.76. The quantitative estimate of drug-likeness (QED) is 0.238. The molecule has 0 aromatic heterocycles. The summed E-state index contributed by atoms with van der Waals surface area (Å²) in [5, 5.41) is 0. The summed E-state index contributed by atoms with van der Waals surface area (Å²) in [5.41, 5.74) is 0.934. The molecular formula is C24H28Br4O3. The van der Waals surface area contributed by atoms with Gasteiger partial charge in [0.1, 0.15) is 11.4 Å². The van der Waals surface area contributed by atoms with E-state index in [1.165, 1.54) is 0 Å². The second-order valence-corrected chi connectivity index (χ2v) is 13.4. The lowest BCUT2D eigenvalue weighted by atomic mass is 9.78. The van der Waals surface area contributed by atoms with E-state index in [-0.39, 0.29) is 17.0 Å². The zero-order valence-electron chi connectivity index (χ0n) is 19.0. The van der Waals surface area contributed by atoms with Gasteiger partial charge in [0.15, 0.2) is 5.75 Å². The van der Waals surface area contributed by atoms with Crippen molar-refractivity contribution in [3.8, 4) is 11.5 Å². The van der Waals surface area contributed by atoms with E-state index in [4.69, 9.17) is 9.47 Å². The summed E-state index contributed by atoms with van der Waals surface area (Å²) in [7, 11) is 0. The van der Waals surface area contributed by atoms with Gasteiger partial charge in [0, 0.05) is 5.41 Å². The Morgan fingerprint density at radius 1 is 0.677 bits per heavy atom. The van der Waals surface area contributed by atoms with Crippen molar-refractivity contribution in [2.75, 3.05) is 0 Å². The van der Waals surface area contributed by atoms with Gasteiger partial charge in [-0.05, 0) is 141 Å². The summed E-state index contributed by atoms with van der Waals surface area (Å²) in [6, 6.07) is 8.16. The lowest BCUT2D eigenvalue weighted by molar-refractivity contribution is -0.143. The summed E-state index contributed by atoms with van der Waals surface area (Å²) >= 11 is 14.5. The van der Waals surface area contributed by atoms with Crippen LogP contribution in [0.25, 0.3) is 0 Å². The first-order valence-corrected chi connectivity index (χ1v) is 13.0. The van der Waals surface area contributed by atoms with E-state index in [2.05, 4.69) is 89.7 Å². The normalized spacial score (nSPS) is 12.6. The topological polar surface area (TPSA) is 35.5 Å². The summed E-state index contributed by atoms with van der Waals surface area (Å²) in [4.78, 5) is 12.4. The number of rotatable bonds is 4. The maximum Gasteiger partial charge on any atom is 0.316 e. The molecule has 0 aliphatic carbocycles. The molecular weight excluding hydrogens is 656 g/mol. The molecule has 0 saturated carbocycles. The Kier molecular flexibility index (Phi) is 8.22. The van der Waals surface area contributed by atoms with Gasteiger partial charge in [0.2, 0.25) is 0 Å². The fourth-order valence-corrected chi connectivity index (χ4v) is 5.45. The third-order valence-corrected chi connectivity index (χ3v) is 7.01. The summed E-state index contributed by atoms with van der Waals surface area (Å²) in [6.07, 6.45) is 0. The van der Waals surface area contributed by atoms with E-state index >= 15 is 0 Å². The van der Waals surface area contributed by atoms with E-state index in [0.717, 1.165) is 25.8 Å². The van der Waals surface area contributed by atoms with Crippen molar-refractivity contribution >= 4 is 69.7 Å².